The van der Waals surface area contributed by atoms with E-state index in [9.17, 15) is 22.8 Å². The Labute approximate surface area is 157 Å². The van der Waals surface area contributed by atoms with Crippen molar-refractivity contribution in [3.05, 3.63) is 35.4 Å². The van der Waals surface area contributed by atoms with E-state index in [-0.39, 0.29) is 29.2 Å². The third kappa shape index (κ3) is 2.05. The molecule has 144 valence electrons. The minimum Gasteiger partial charge on any atom is -0.299 e. The third-order valence-electron chi connectivity index (χ3n) is 6.97. The highest BCUT2D eigenvalue weighted by atomic mass is 32.2. The molecule has 4 rings (SSSR count). The van der Waals surface area contributed by atoms with Gasteiger partial charge in [0.2, 0.25) is 0 Å². The van der Waals surface area contributed by atoms with Gasteiger partial charge in [0.15, 0.2) is 5.37 Å². The van der Waals surface area contributed by atoms with Crippen molar-refractivity contribution in [2.45, 2.75) is 38.5 Å². The topological polar surface area (TPSA) is 97.8 Å². The van der Waals surface area contributed by atoms with E-state index in [0.717, 1.165) is 12.0 Å². The fourth-order valence-corrected chi connectivity index (χ4v) is 7.08. The van der Waals surface area contributed by atoms with Crippen LogP contribution in [0.1, 0.15) is 53.8 Å². The molecule has 0 aromatic heterocycles. The maximum atomic E-state index is 13.1. The Balaban J connectivity index is 1.95. The molecule has 0 radical (unpaired) electrons. The van der Waals surface area contributed by atoms with Crippen LogP contribution in [0.2, 0.25) is 0 Å². The molecule has 7 nitrogen and oxygen atoms in total. The first-order valence-corrected chi connectivity index (χ1v) is 10.4. The van der Waals surface area contributed by atoms with Crippen molar-refractivity contribution < 1.29 is 27.0 Å². The number of fused-ring (bicyclic) bond motifs is 3. The number of hydrogen-bond acceptors (Lipinski definition) is 6. The van der Waals surface area contributed by atoms with E-state index < -0.39 is 38.1 Å². The van der Waals surface area contributed by atoms with Crippen LogP contribution in [0.25, 0.3) is 0 Å². The molecule has 3 unspecified atom stereocenters. The number of carbonyl (C=O) groups is 3. The van der Waals surface area contributed by atoms with Crippen LogP contribution in [0, 0.1) is 16.7 Å². The fourth-order valence-electron chi connectivity index (χ4n) is 5.40. The molecule has 3 atom stereocenters. The van der Waals surface area contributed by atoms with Crippen molar-refractivity contribution in [3.8, 4) is 0 Å². The summed E-state index contributed by atoms with van der Waals surface area (Å²) >= 11 is 0. The Morgan fingerprint density at radius 2 is 1.67 bits per heavy atom. The molecule has 2 aliphatic carbocycles. The number of rotatable bonds is 4. The van der Waals surface area contributed by atoms with Crippen LogP contribution >= 0.6 is 0 Å². The number of amides is 2. The number of Topliss-reactive ketones (excluding diaryl/α,β-unsaturated/α-hetero) is 1. The smallest absolute Gasteiger partial charge is 0.290 e. The van der Waals surface area contributed by atoms with Crippen molar-refractivity contribution >= 4 is 27.7 Å². The van der Waals surface area contributed by atoms with Gasteiger partial charge >= 0.3 is 0 Å². The first-order valence-electron chi connectivity index (χ1n) is 8.89. The quantitative estimate of drug-likeness (QED) is 0.575. The second-order valence-corrected chi connectivity index (χ2v) is 9.86. The summed E-state index contributed by atoms with van der Waals surface area (Å²) in [5.41, 5.74) is -1.74. The first kappa shape index (κ1) is 18.3. The predicted molar refractivity (Wildman–Crippen MR) is 95.2 cm³/mol. The molecule has 1 aliphatic heterocycles. The van der Waals surface area contributed by atoms with E-state index in [1.165, 1.54) is 12.1 Å². The van der Waals surface area contributed by atoms with Crippen molar-refractivity contribution in [2.75, 3.05) is 7.11 Å². The highest BCUT2D eigenvalue weighted by Gasteiger charge is 2.72. The molecule has 0 saturated heterocycles. The monoisotopic (exact) mass is 391 g/mol. The molecule has 1 heterocycles. The Morgan fingerprint density at radius 1 is 1.11 bits per heavy atom. The van der Waals surface area contributed by atoms with Crippen LogP contribution in [0.3, 0.4) is 0 Å². The zero-order chi connectivity index (χ0) is 19.8. The summed E-state index contributed by atoms with van der Waals surface area (Å²) in [5.74, 6) is -1.59. The second-order valence-electron chi connectivity index (χ2n) is 8.09. The Kier molecular flexibility index (Phi) is 3.72. The number of nitrogens with zero attached hydrogens (tertiary/aromatic N) is 1. The summed E-state index contributed by atoms with van der Waals surface area (Å²) in [6.07, 6.45) is 1.24. The third-order valence-corrected chi connectivity index (χ3v) is 8.60. The van der Waals surface area contributed by atoms with E-state index in [4.69, 9.17) is 4.18 Å². The van der Waals surface area contributed by atoms with Gasteiger partial charge in [-0.2, -0.15) is 8.42 Å². The van der Waals surface area contributed by atoms with Gasteiger partial charge in [-0.05, 0) is 36.3 Å². The molecule has 1 aromatic carbocycles. The van der Waals surface area contributed by atoms with E-state index in [1.807, 2.05) is 13.8 Å². The number of hydrogen-bond donors (Lipinski definition) is 0. The SMILES string of the molecule is COS(=O)(=O)C(N1C(=O)c2ccccc2C1=O)C12CCC(CC1=O)C2(C)C. The molecule has 2 amide bonds. The van der Waals surface area contributed by atoms with Crippen LogP contribution in [0.4, 0.5) is 0 Å². The highest BCUT2D eigenvalue weighted by molar-refractivity contribution is 7.87. The lowest BCUT2D eigenvalue weighted by Gasteiger charge is -2.44. The molecule has 27 heavy (non-hydrogen) atoms. The normalized spacial score (nSPS) is 30.1. The Morgan fingerprint density at radius 3 is 2.07 bits per heavy atom. The van der Waals surface area contributed by atoms with Gasteiger partial charge in [0.05, 0.1) is 23.7 Å². The maximum Gasteiger partial charge on any atom is 0.290 e. The highest BCUT2D eigenvalue weighted by Crippen LogP contribution is 2.67. The lowest BCUT2D eigenvalue weighted by Crippen LogP contribution is -2.60. The van der Waals surface area contributed by atoms with E-state index in [1.54, 1.807) is 12.1 Å². The second kappa shape index (κ2) is 5.48. The van der Waals surface area contributed by atoms with Crippen molar-refractivity contribution in [3.63, 3.8) is 0 Å². The Bertz CT molecular complexity index is 947. The molecule has 3 aliphatic rings. The summed E-state index contributed by atoms with van der Waals surface area (Å²) in [5, 5.41) is -1.67. The van der Waals surface area contributed by atoms with Gasteiger partial charge in [-0.1, -0.05) is 26.0 Å². The van der Waals surface area contributed by atoms with Gasteiger partial charge in [-0.3, -0.25) is 23.5 Å². The number of carbonyl (C=O) groups excluding carboxylic acids is 3. The van der Waals surface area contributed by atoms with E-state index in [0.29, 0.717) is 12.8 Å². The van der Waals surface area contributed by atoms with Gasteiger partial charge in [0, 0.05) is 6.42 Å². The maximum absolute atomic E-state index is 13.1. The molecule has 2 saturated carbocycles. The summed E-state index contributed by atoms with van der Waals surface area (Å²) in [6.45, 7) is 3.71. The van der Waals surface area contributed by atoms with Crippen LogP contribution < -0.4 is 0 Å². The van der Waals surface area contributed by atoms with Gasteiger partial charge in [-0.25, -0.2) is 0 Å². The number of ketones is 1. The molecule has 2 fully saturated rings. The van der Waals surface area contributed by atoms with Crippen LogP contribution in [-0.4, -0.2) is 43.4 Å². The summed E-state index contributed by atoms with van der Waals surface area (Å²) < 4.78 is 30.8. The lowest BCUT2D eigenvalue weighted by atomic mass is 9.68. The molecule has 1 aromatic rings. The molecular weight excluding hydrogens is 370 g/mol. The van der Waals surface area contributed by atoms with Gasteiger partial charge in [0.1, 0.15) is 5.78 Å². The summed E-state index contributed by atoms with van der Waals surface area (Å²) in [4.78, 5) is 39.9. The number of imide groups is 1. The fraction of sp³-hybridized carbons (Fsp3) is 0.526. The van der Waals surface area contributed by atoms with Gasteiger partial charge < -0.3 is 0 Å². The zero-order valence-corrected chi connectivity index (χ0v) is 16.2. The largest absolute Gasteiger partial charge is 0.299 e. The van der Waals surface area contributed by atoms with Crippen LogP contribution in [0.5, 0.6) is 0 Å². The Hall–Kier alpha value is -2.06. The lowest BCUT2D eigenvalue weighted by molar-refractivity contribution is -0.131. The average Bonchev–Trinajstić information content (AvgIpc) is 3.10. The van der Waals surface area contributed by atoms with Gasteiger partial charge in [-0.15, -0.1) is 0 Å². The molecule has 0 spiro atoms. The molecule has 2 bridgehead atoms. The average molecular weight is 391 g/mol. The summed E-state index contributed by atoms with van der Waals surface area (Å²) in [6, 6.07) is 6.20. The van der Waals surface area contributed by atoms with Crippen LogP contribution in [0.15, 0.2) is 24.3 Å². The van der Waals surface area contributed by atoms with Crippen LogP contribution in [-0.2, 0) is 19.1 Å². The number of benzene rings is 1. The standard InChI is InChI=1S/C19H21NO6S/c1-18(2)11-8-9-19(18,14(21)10-11)17(27(24,25)26-3)20-15(22)12-6-4-5-7-13(12)16(20)23/h4-7,11,17H,8-10H2,1-3H3. The molecular formula is C19H21NO6S. The molecule has 0 N–H and O–H groups in total. The predicted octanol–water partition coefficient (Wildman–Crippen LogP) is 1.98. The molecule has 8 heteroatoms. The zero-order valence-electron chi connectivity index (χ0n) is 15.4. The summed E-state index contributed by atoms with van der Waals surface area (Å²) in [7, 11) is -3.40. The first-order chi connectivity index (χ1) is 12.6. The minimum atomic E-state index is -4.40. The van der Waals surface area contributed by atoms with Crippen molar-refractivity contribution in [1.82, 2.24) is 4.90 Å². The van der Waals surface area contributed by atoms with E-state index in [2.05, 4.69) is 0 Å². The minimum absolute atomic E-state index is 0.0229. The van der Waals surface area contributed by atoms with E-state index >= 15 is 0 Å². The van der Waals surface area contributed by atoms with Gasteiger partial charge in [0.25, 0.3) is 21.9 Å². The van der Waals surface area contributed by atoms with Crippen molar-refractivity contribution in [1.29, 1.82) is 0 Å². The van der Waals surface area contributed by atoms with Crippen molar-refractivity contribution in [2.24, 2.45) is 16.7 Å².